The third-order valence-electron chi connectivity index (χ3n) is 4.96. The second-order valence-corrected chi connectivity index (χ2v) is 10.7. The van der Waals surface area contributed by atoms with Gasteiger partial charge in [-0.25, -0.2) is 9.97 Å². The van der Waals surface area contributed by atoms with Gasteiger partial charge in [0.2, 0.25) is 0 Å². The lowest BCUT2D eigenvalue weighted by atomic mass is 10.0. The molecule has 0 unspecified atom stereocenters. The number of aryl methyl sites for hydroxylation is 4. The van der Waals surface area contributed by atoms with Gasteiger partial charge in [0.15, 0.2) is 0 Å². The summed E-state index contributed by atoms with van der Waals surface area (Å²) in [5.74, 6) is 1.46. The lowest BCUT2D eigenvalue weighted by molar-refractivity contribution is 0.466. The standard InChI is InChI=1S/C22H19N5O2S3/c1-10-5-7-14(8-6-10)16-12(3)31-21-17(16)19(28)24-15(25-21)9-30-22-27-26-20(29-22)18-11(2)23-13(4)32-18/h5-8H,9H2,1-4H3,(H,24,25,28). The molecule has 4 aromatic heterocycles. The largest absolute Gasteiger partial charge is 0.410 e. The summed E-state index contributed by atoms with van der Waals surface area (Å²) in [7, 11) is 0. The number of H-pyrrole nitrogens is 1. The molecule has 4 heterocycles. The maximum absolute atomic E-state index is 13.0. The van der Waals surface area contributed by atoms with E-state index in [2.05, 4.69) is 32.3 Å². The minimum atomic E-state index is -0.132. The zero-order valence-electron chi connectivity index (χ0n) is 17.8. The van der Waals surface area contributed by atoms with E-state index in [0.717, 1.165) is 36.4 Å². The number of thiazole rings is 1. The molecule has 32 heavy (non-hydrogen) atoms. The van der Waals surface area contributed by atoms with Crippen LogP contribution < -0.4 is 5.56 Å². The molecule has 0 amide bonds. The number of benzene rings is 1. The monoisotopic (exact) mass is 481 g/mol. The molecule has 0 fully saturated rings. The van der Waals surface area contributed by atoms with E-state index in [1.165, 1.54) is 40.0 Å². The number of nitrogens with zero attached hydrogens (tertiary/aromatic N) is 4. The summed E-state index contributed by atoms with van der Waals surface area (Å²) in [4.78, 5) is 27.7. The van der Waals surface area contributed by atoms with Gasteiger partial charge in [0, 0.05) is 10.4 Å². The summed E-state index contributed by atoms with van der Waals surface area (Å²) in [5.41, 5.74) is 3.91. The van der Waals surface area contributed by atoms with Crippen LogP contribution in [0.4, 0.5) is 0 Å². The lowest BCUT2D eigenvalue weighted by Gasteiger charge is -2.03. The summed E-state index contributed by atoms with van der Waals surface area (Å²) < 4.78 is 5.79. The van der Waals surface area contributed by atoms with Crippen LogP contribution in [0.25, 0.3) is 32.1 Å². The number of thiophene rings is 1. The fourth-order valence-electron chi connectivity index (χ4n) is 3.52. The summed E-state index contributed by atoms with van der Waals surface area (Å²) in [6.07, 6.45) is 0. The first-order valence-electron chi connectivity index (χ1n) is 9.89. The SMILES string of the molecule is Cc1ccc(-c2c(C)sc3nc(CSc4nnc(-c5sc(C)nc5C)o4)[nH]c(=O)c23)cc1. The van der Waals surface area contributed by atoms with E-state index in [1.807, 2.05) is 39.8 Å². The van der Waals surface area contributed by atoms with E-state index >= 15 is 0 Å². The Morgan fingerprint density at radius 2 is 1.81 bits per heavy atom. The average Bonchev–Trinajstić information content (AvgIpc) is 3.44. The molecule has 0 radical (unpaired) electrons. The average molecular weight is 482 g/mol. The number of hydrogen-bond acceptors (Lipinski definition) is 9. The van der Waals surface area contributed by atoms with Crippen molar-refractivity contribution in [3.63, 3.8) is 0 Å². The van der Waals surface area contributed by atoms with E-state index < -0.39 is 0 Å². The van der Waals surface area contributed by atoms with Crippen molar-refractivity contribution in [3.05, 3.63) is 61.6 Å². The molecule has 1 aromatic carbocycles. The zero-order chi connectivity index (χ0) is 22.4. The van der Waals surface area contributed by atoms with E-state index in [9.17, 15) is 4.79 Å². The molecule has 5 rings (SSSR count). The van der Waals surface area contributed by atoms with Crippen LogP contribution in [0.2, 0.25) is 0 Å². The second-order valence-electron chi connectivity index (χ2n) is 7.40. The van der Waals surface area contributed by atoms with Crippen LogP contribution in [0.1, 0.15) is 27.0 Å². The van der Waals surface area contributed by atoms with Gasteiger partial charge in [-0.3, -0.25) is 4.79 Å². The molecule has 0 bridgehead atoms. The van der Waals surface area contributed by atoms with Crippen LogP contribution in [0.5, 0.6) is 0 Å². The Bertz CT molecular complexity index is 1490. The molecule has 162 valence electrons. The lowest BCUT2D eigenvalue weighted by Crippen LogP contribution is -2.10. The zero-order valence-corrected chi connectivity index (χ0v) is 20.3. The molecule has 1 N–H and O–H groups in total. The molecule has 7 nitrogen and oxygen atoms in total. The van der Waals surface area contributed by atoms with Gasteiger partial charge >= 0.3 is 0 Å². The van der Waals surface area contributed by atoms with Crippen LogP contribution in [-0.4, -0.2) is 25.1 Å². The van der Waals surface area contributed by atoms with E-state index in [-0.39, 0.29) is 5.56 Å². The number of rotatable bonds is 5. The molecular formula is C22H19N5O2S3. The number of thioether (sulfide) groups is 1. The normalized spacial score (nSPS) is 11.5. The predicted molar refractivity (Wildman–Crippen MR) is 130 cm³/mol. The van der Waals surface area contributed by atoms with Crippen molar-refractivity contribution in [2.75, 3.05) is 0 Å². The number of nitrogens with one attached hydrogen (secondary N) is 1. The highest BCUT2D eigenvalue weighted by molar-refractivity contribution is 7.98. The molecule has 0 atom stereocenters. The van der Waals surface area contributed by atoms with Gasteiger partial charge in [0.05, 0.1) is 21.8 Å². The molecule has 5 aromatic rings. The number of aromatic nitrogens is 5. The number of aromatic amines is 1. The quantitative estimate of drug-likeness (QED) is 0.322. The smallest absolute Gasteiger partial charge is 0.277 e. The highest BCUT2D eigenvalue weighted by atomic mass is 32.2. The fraction of sp³-hybridized carbons (Fsp3) is 0.227. The molecule has 0 saturated carbocycles. The first-order valence-corrected chi connectivity index (χ1v) is 12.5. The van der Waals surface area contributed by atoms with Gasteiger partial charge in [0.1, 0.15) is 15.5 Å². The van der Waals surface area contributed by atoms with Crippen LogP contribution in [0.3, 0.4) is 0 Å². The summed E-state index contributed by atoms with van der Waals surface area (Å²) in [6.45, 7) is 7.94. The maximum atomic E-state index is 13.0. The van der Waals surface area contributed by atoms with Crippen molar-refractivity contribution in [1.29, 1.82) is 0 Å². The third kappa shape index (κ3) is 3.89. The van der Waals surface area contributed by atoms with Gasteiger partial charge < -0.3 is 9.40 Å². The molecular weight excluding hydrogens is 462 g/mol. The highest BCUT2D eigenvalue weighted by Crippen LogP contribution is 2.36. The highest BCUT2D eigenvalue weighted by Gasteiger charge is 2.18. The van der Waals surface area contributed by atoms with E-state index in [4.69, 9.17) is 9.40 Å². The first kappa shape index (κ1) is 21.0. The minimum absolute atomic E-state index is 0.132. The van der Waals surface area contributed by atoms with Crippen LogP contribution in [0.15, 0.2) is 38.7 Å². The summed E-state index contributed by atoms with van der Waals surface area (Å²) >= 11 is 4.41. The Balaban J connectivity index is 1.41. The van der Waals surface area contributed by atoms with Gasteiger partial charge in [-0.2, -0.15) is 0 Å². The van der Waals surface area contributed by atoms with Crippen molar-refractivity contribution in [1.82, 2.24) is 25.1 Å². The summed E-state index contributed by atoms with van der Waals surface area (Å²) in [5, 5.41) is 10.3. The van der Waals surface area contributed by atoms with Crippen molar-refractivity contribution in [2.24, 2.45) is 0 Å². The molecule has 0 aliphatic heterocycles. The Hall–Kier alpha value is -2.82. The Morgan fingerprint density at radius 1 is 1.03 bits per heavy atom. The van der Waals surface area contributed by atoms with Gasteiger partial charge in [-0.15, -0.1) is 32.9 Å². The topological polar surface area (TPSA) is 97.6 Å². The number of hydrogen-bond donors (Lipinski definition) is 1. The molecule has 0 spiro atoms. The molecule has 10 heteroatoms. The molecule has 0 aliphatic rings. The molecule has 0 aliphatic carbocycles. The third-order valence-corrected chi connectivity index (χ3v) is 7.85. The maximum Gasteiger partial charge on any atom is 0.277 e. The second kappa shape index (κ2) is 8.27. The Labute approximate surface area is 196 Å². The van der Waals surface area contributed by atoms with Gasteiger partial charge in [-0.05, 0) is 33.3 Å². The predicted octanol–water partition coefficient (Wildman–Crippen LogP) is 5.68. The van der Waals surface area contributed by atoms with E-state index in [0.29, 0.717) is 28.1 Å². The van der Waals surface area contributed by atoms with Crippen molar-refractivity contribution >= 4 is 44.7 Å². The van der Waals surface area contributed by atoms with Crippen molar-refractivity contribution in [3.8, 4) is 21.9 Å². The fourth-order valence-corrected chi connectivity index (χ4v) is 6.06. The van der Waals surface area contributed by atoms with Crippen LogP contribution >= 0.6 is 34.4 Å². The van der Waals surface area contributed by atoms with E-state index in [1.54, 1.807) is 0 Å². The van der Waals surface area contributed by atoms with Crippen molar-refractivity contribution < 1.29 is 4.42 Å². The van der Waals surface area contributed by atoms with Crippen LogP contribution in [-0.2, 0) is 5.75 Å². The summed E-state index contributed by atoms with van der Waals surface area (Å²) in [6, 6.07) is 8.20. The minimum Gasteiger partial charge on any atom is -0.410 e. The first-order chi connectivity index (χ1) is 15.4. The van der Waals surface area contributed by atoms with Gasteiger partial charge in [0.25, 0.3) is 16.7 Å². The number of fused-ring (bicyclic) bond motifs is 1. The van der Waals surface area contributed by atoms with Crippen LogP contribution in [0, 0.1) is 27.7 Å². The molecule has 0 saturated heterocycles. The Kier molecular flexibility index (Phi) is 5.44. The Morgan fingerprint density at radius 3 is 2.53 bits per heavy atom. The van der Waals surface area contributed by atoms with Gasteiger partial charge in [-0.1, -0.05) is 41.6 Å². The van der Waals surface area contributed by atoms with Crippen molar-refractivity contribution in [2.45, 2.75) is 38.7 Å².